The molecule has 4 nitrogen and oxygen atoms in total. The van der Waals surface area contributed by atoms with Gasteiger partial charge in [-0.2, -0.15) is 5.26 Å². The second-order valence-corrected chi connectivity index (χ2v) is 3.19. The fraction of sp³-hybridized carbons (Fsp3) is 0.0909. The third-order valence-corrected chi connectivity index (χ3v) is 1.95. The minimum atomic E-state index is -0.453. The first-order valence-corrected chi connectivity index (χ1v) is 4.52. The quantitative estimate of drug-likeness (QED) is 0.535. The zero-order valence-electron chi connectivity index (χ0n) is 8.71. The van der Waals surface area contributed by atoms with Crippen LogP contribution in [0.3, 0.4) is 0 Å². The monoisotopic (exact) mass is 218 g/mol. The Balaban J connectivity index is 3.02. The highest BCUT2D eigenvalue weighted by atomic mass is 19.1. The Morgan fingerprint density at radius 1 is 1.62 bits per heavy atom. The van der Waals surface area contributed by atoms with Crippen LogP contribution in [0.2, 0.25) is 0 Å². The Hall–Kier alpha value is -2.35. The Morgan fingerprint density at radius 2 is 2.31 bits per heavy atom. The van der Waals surface area contributed by atoms with Crippen molar-refractivity contribution in [2.45, 2.75) is 6.92 Å². The molecule has 0 bridgehead atoms. The normalized spacial score (nSPS) is 11.3. The molecule has 0 fully saturated rings. The first-order valence-electron chi connectivity index (χ1n) is 4.52. The summed E-state index contributed by atoms with van der Waals surface area (Å²) in [5.74, 6) is -0.495. The maximum absolute atomic E-state index is 13.4. The van der Waals surface area contributed by atoms with Gasteiger partial charge in [-0.05, 0) is 24.6 Å². The van der Waals surface area contributed by atoms with E-state index in [9.17, 15) is 4.39 Å². The molecule has 0 amide bonds. The number of nitrogens with zero attached hydrogens (tertiary/aromatic N) is 1. The van der Waals surface area contributed by atoms with Gasteiger partial charge >= 0.3 is 0 Å². The molecule has 0 heterocycles. The Labute approximate surface area is 92.7 Å². The number of anilines is 1. The summed E-state index contributed by atoms with van der Waals surface area (Å²) in [7, 11) is 0. The van der Waals surface area contributed by atoms with E-state index in [1.807, 2.05) is 0 Å². The van der Waals surface area contributed by atoms with Gasteiger partial charge in [-0.3, -0.25) is 0 Å². The van der Waals surface area contributed by atoms with Crippen LogP contribution in [-0.4, -0.2) is 6.21 Å². The standard InChI is InChI=1S/C11H11FN4/c1-7-2-3-10(9(12)4-7)16-11(15)8(5-13)6-14/h2-5,13,16H,15H2,1H3/b11-8+,13-5?. The molecule has 0 spiro atoms. The van der Waals surface area contributed by atoms with Crippen molar-refractivity contribution < 1.29 is 4.39 Å². The molecule has 82 valence electrons. The van der Waals surface area contributed by atoms with Crippen LogP contribution in [-0.2, 0) is 0 Å². The molecular weight excluding hydrogens is 207 g/mol. The van der Waals surface area contributed by atoms with Gasteiger partial charge in [-0.25, -0.2) is 4.39 Å². The lowest BCUT2D eigenvalue weighted by Gasteiger charge is -2.08. The Bertz CT molecular complexity index is 485. The highest BCUT2D eigenvalue weighted by Gasteiger charge is 2.05. The number of nitrogens with one attached hydrogen (secondary N) is 2. The van der Waals surface area contributed by atoms with Crippen molar-refractivity contribution in [3.05, 3.63) is 41.0 Å². The predicted octanol–water partition coefficient (Wildman–Crippen LogP) is 1.89. The van der Waals surface area contributed by atoms with Gasteiger partial charge in [0, 0.05) is 6.21 Å². The second-order valence-electron chi connectivity index (χ2n) is 3.19. The third kappa shape index (κ3) is 2.58. The van der Waals surface area contributed by atoms with Crippen molar-refractivity contribution >= 4 is 11.9 Å². The summed E-state index contributed by atoms with van der Waals surface area (Å²) >= 11 is 0. The zero-order valence-corrected chi connectivity index (χ0v) is 8.71. The summed E-state index contributed by atoms with van der Waals surface area (Å²) in [5.41, 5.74) is 6.43. The van der Waals surface area contributed by atoms with Crippen LogP contribution in [0.4, 0.5) is 10.1 Å². The van der Waals surface area contributed by atoms with E-state index in [1.54, 1.807) is 19.1 Å². The highest BCUT2D eigenvalue weighted by molar-refractivity contribution is 5.83. The molecule has 0 atom stereocenters. The van der Waals surface area contributed by atoms with Crippen molar-refractivity contribution in [2.24, 2.45) is 5.73 Å². The van der Waals surface area contributed by atoms with Gasteiger partial charge in [0.25, 0.3) is 0 Å². The van der Waals surface area contributed by atoms with E-state index in [-0.39, 0.29) is 17.1 Å². The third-order valence-electron chi connectivity index (χ3n) is 1.95. The Kier molecular flexibility index (Phi) is 3.62. The Morgan fingerprint density at radius 3 is 2.81 bits per heavy atom. The van der Waals surface area contributed by atoms with Crippen molar-refractivity contribution in [3.63, 3.8) is 0 Å². The number of benzene rings is 1. The molecule has 0 saturated carbocycles. The molecule has 5 heteroatoms. The number of rotatable bonds is 3. The molecule has 1 aromatic carbocycles. The van der Waals surface area contributed by atoms with Crippen LogP contribution in [0.5, 0.6) is 0 Å². The second kappa shape index (κ2) is 4.94. The largest absolute Gasteiger partial charge is 0.384 e. The van der Waals surface area contributed by atoms with Crippen molar-refractivity contribution in [3.8, 4) is 6.07 Å². The first-order chi connectivity index (χ1) is 7.58. The molecule has 1 aromatic rings. The molecule has 16 heavy (non-hydrogen) atoms. The van der Waals surface area contributed by atoms with Crippen LogP contribution in [0.15, 0.2) is 29.6 Å². The smallest absolute Gasteiger partial charge is 0.146 e. The lowest BCUT2D eigenvalue weighted by molar-refractivity contribution is 0.630. The molecule has 0 aliphatic heterocycles. The number of hydrogen-bond acceptors (Lipinski definition) is 4. The van der Waals surface area contributed by atoms with Crippen LogP contribution in [0.1, 0.15) is 5.56 Å². The zero-order chi connectivity index (χ0) is 12.1. The lowest BCUT2D eigenvalue weighted by Crippen LogP contribution is -2.13. The minimum absolute atomic E-state index is 0.0414. The number of allylic oxidation sites excluding steroid dienone is 1. The van der Waals surface area contributed by atoms with Crippen LogP contribution in [0.25, 0.3) is 0 Å². The van der Waals surface area contributed by atoms with Gasteiger partial charge in [0.15, 0.2) is 0 Å². The van der Waals surface area contributed by atoms with E-state index in [1.165, 1.54) is 12.1 Å². The number of nitriles is 1. The van der Waals surface area contributed by atoms with E-state index in [0.717, 1.165) is 11.8 Å². The molecule has 0 aliphatic carbocycles. The van der Waals surface area contributed by atoms with E-state index in [0.29, 0.717) is 0 Å². The van der Waals surface area contributed by atoms with Gasteiger partial charge in [0.1, 0.15) is 23.3 Å². The fourth-order valence-electron chi connectivity index (χ4n) is 1.10. The summed E-state index contributed by atoms with van der Waals surface area (Å²) < 4.78 is 13.4. The topological polar surface area (TPSA) is 85.7 Å². The summed E-state index contributed by atoms with van der Waals surface area (Å²) in [4.78, 5) is 0. The van der Waals surface area contributed by atoms with Crippen LogP contribution < -0.4 is 11.1 Å². The summed E-state index contributed by atoms with van der Waals surface area (Å²) in [6.07, 6.45) is 0.814. The van der Waals surface area contributed by atoms with Gasteiger partial charge < -0.3 is 16.5 Å². The number of halogens is 1. The average molecular weight is 218 g/mol. The number of hydrogen-bond donors (Lipinski definition) is 3. The summed E-state index contributed by atoms with van der Waals surface area (Å²) in [6.45, 7) is 1.77. The molecule has 4 N–H and O–H groups in total. The lowest BCUT2D eigenvalue weighted by atomic mass is 10.2. The first kappa shape index (κ1) is 11.7. The van der Waals surface area contributed by atoms with Crippen LogP contribution >= 0.6 is 0 Å². The molecule has 0 aliphatic rings. The molecule has 0 unspecified atom stereocenters. The van der Waals surface area contributed by atoms with E-state index >= 15 is 0 Å². The predicted molar refractivity (Wildman–Crippen MR) is 60.4 cm³/mol. The summed E-state index contributed by atoms with van der Waals surface area (Å²) in [6, 6.07) is 6.32. The van der Waals surface area contributed by atoms with Crippen molar-refractivity contribution in [2.75, 3.05) is 5.32 Å². The highest BCUT2D eigenvalue weighted by Crippen LogP contribution is 2.16. The minimum Gasteiger partial charge on any atom is -0.384 e. The van der Waals surface area contributed by atoms with Gasteiger partial charge in [0.2, 0.25) is 0 Å². The maximum Gasteiger partial charge on any atom is 0.146 e. The number of nitrogens with two attached hydrogens (primary N) is 1. The SMILES string of the molecule is Cc1ccc(N/C(N)=C(/C#N)C=N)c(F)c1. The molecule has 0 radical (unpaired) electrons. The van der Waals surface area contributed by atoms with E-state index in [4.69, 9.17) is 16.4 Å². The summed E-state index contributed by atoms with van der Waals surface area (Å²) in [5, 5.41) is 18.1. The van der Waals surface area contributed by atoms with Gasteiger partial charge in [-0.15, -0.1) is 0 Å². The van der Waals surface area contributed by atoms with Crippen molar-refractivity contribution in [1.29, 1.82) is 10.7 Å². The van der Waals surface area contributed by atoms with E-state index in [2.05, 4.69) is 5.32 Å². The number of aryl methyl sites for hydroxylation is 1. The maximum atomic E-state index is 13.4. The molecule has 1 rings (SSSR count). The fourth-order valence-corrected chi connectivity index (χ4v) is 1.10. The van der Waals surface area contributed by atoms with Crippen molar-refractivity contribution in [1.82, 2.24) is 0 Å². The van der Waals surface area contributed by atoms with Gasteiger partial charge in [0.05, 0.1) is 5.69 Å². The average Bonchev–Trinajstić information content (AvgIpc) is 2.24. The molecule has 0 saturated heterocycles. The molecular formula is C11H11FN4. The van der Waals surface area contributed by atoms with Gasteiger partial charge in [-0.1, -0.05) is 6.07 Å². The molecule has 0 aromatic heterocycles. The van der Waals surface area contributed by atoms with E-state index < -0.39 is 5.82 Å². The van der Waals surface area contributed by atoms with Crippen LogP contribution in [0, 0.1) is 29.5 Å².